The Kier molecular flexibility index (Phi) is 4.62. The second-order valence-corrected chi connectivity index (χ2v) is 2.83. The molecule has 1 heteroatoms. The van der Waals surface area contributed by atoms with Gasteiger partial charge in [-0.15, -0.1) is 0 Å². The lowest BCUT2D eigenvalue weighted by atomic mass is 10.2. The van der Waals surface area contributed by atoms with Crippen molar-refractivity contribution in [1.82, 2.24) is 0 Å². The van der Waals surface area contributed by atoms with Gasteiger partial charge in [0.05, 0.1) is 0 Å². The first kappa shape index (κ1) is 9.72. The van der Waals surface area contributed by atoms with Crippen LogP contribution >= 0.6 is 0 Å². The number of nitrogens with zero attached hydrogens (tertiary/aromatic N) is 1. The summed E-state index contributed by atoms with van der Waals surface area (Å²) in [5.41, 5.74) is 1.21. The van der Waals surface area contributed by atoms with Crippen LogP contribution in [0.1, 0.15) is 18.9 Å². The minimum atomic E-state index is 0.916. The highest BCUT2D eigenvalue weighted by Crippen LogP contribution is 1.99. The van der Waals surface area contributed by atoms with Crippen molar-refractivity contribution in [2.24, 2.45) is 4.99 Å². The number of benzene rings is 1. The molecule has 13 heavy (non-hydrogen) atoms. The van der Waals surface area contributed by atoms with Crippen molar-refractivity contribution in [3.8, 4) is 0 Å². The van der Waals surface area contributed by atoms with E-state index in [1.165, 1.54) is 5.56 Å². The topological polar surface area (TPSA) is 12.4 Å². The van der Waals surface area contributed by atoms with Crippen molar-refractivity contribution in [3.05, 3.63) is 42.0 Å². The summed E-state index contributed by atoms with van der Waals surface area (Å²) in [5, 5.41) is 0. The molecular formula is C12H15N. The van der Waals surface area contributed by atoms with Gasteiger partial charge in [-0.25, -0.2) is 0 Å². The van der Waals surface area contributed by atoms with Crippen LogP contribution in [0.15, 0.2) is 41.4 Å². The van der Waals surface area contributed by atoms with E-state index >= 15 is 0 Å². The van der Waals surface area contributed by atoms with E-state index in [9.17, 15) is 0 Å². The molecule has 1 nitrogen and oxygen atoms in total. The van der Waals surface area contributed by atoms with Crippen molar-refractivity contribution in [3.63, 3.8) is 0 Å². The largest absolute Gasteiger partial charge is 0.293 e. The van der Waals surface area contributed by atoms with Crippen molar-refractivity contribution >= 4 is 12.3 Å². The molecule has 0 aliphatic carbocycles. The lowest BCUT2D eigenvalue weighted by Crippen LogP contribution is -1.75. The Hall–Kier alpha value is -1.37. The van der Waals surface area contributed by atoms with E-state index < -0.39 is 0 Å². The third kappa shape index (κ3) is 4.26. The fourth-order valence-corrected chi connectivity index (χ4v) is 0.983. The number of aliphatic imine (C=N–C) groups is 1. The zero-order valence-electron chi connectivity index (χ0n) is 7.98. The molecule has 1 aromatic rings. The van der Waals surface area contributed by atoms with Gasteiger partial charge < -0.3 is 0 Å². The molecule has 1 aromatic carbocycles. The highest BCUT2D eigenvalue weighted by atomic mass is 14.7. The fourth-order valence-electron chi connectivity index (χ4n) is 0.983. The highest BCUT2D eigenvalue weighted by Gasteiger charge is 1.79. The van der Waals surface area contributed by atoms with E-state index in [-0.39, 0.29) is 0 Å². The molecule has 0 amide bonds. The van der Waals surface area contributed by atoms with Gasteiger partial charge in [0.15, 0.2) is 0 Å². The maximum atomic E-state index is 4.19. The van der Waals surface area contributed by atoms with Gasteiger partial charge in [0, 0.05) is 12.8 Å². The Bertz CT molecular complexity index is 272. The van der Waals surface area contributed by atoms with Gasteiger partial charge >= 0.3 is 0 Å². The van der Waals surface area contributed by atoms with Crippen LogP contribution in [0, 0.1) is 0 Å². The molecule has 0 atom stereocenters. The van der Waals surface area contributed by atoms with Crippen LogP contribution in [0.5, 0.6) is 0 Å². The molecule has 68 valence electrons. The fraction of sp³-hybridized carbons (Fsp3) is 0.250. The summed E-state index contributed by atoms with van der Waals surface area (Å²) in [5.74, 6) is 0. The van der Waals surface area contributed by atoms with E-state index in [1.807, 2.05) is 30.5 Å². The summed E-state index contributed by atoms with van der Waals surface area (Å²) in [6.07, 6.45) is 7.00. The Balaban J connectivity index is 2.41. The van der Waals surface area contributed by atoms with E-state index in [0.717, 1.165) is 13.0 Å². The summed E-state index contributed by atoms with van der Waals surface area (Å²) in [6.45, 7) is 3.04. The van der Waals surface area contributed by atoms with Gasteiger partial charge in [-0.3, -0.25) is 4.99 Å². The summed E-state index contributed by atoms with van der Waals surface area (Å²) in [4.78, 5) is 4.19. The van der Waals surface area contributed by atoms with Crippen molar-refractivity contribution in [2.75, 3.05) is 6.54 Å². The second kappa shape index (κ2) is 6.18. The maximum Gasteiger partial charge on any atom is 0.0386 e. The molecule has 0 aliphatic heterocycles. The minimum Gasteiger partial charge on any atom is -0.293 e. The zero-order valence-corrected chi connectivity index (χ0v) is 7.98. The van der Waals surface area contributed by atoms with Crippen LogP contribution in [0.25, 0.3) is 6.08 Å². The molecule has 0 fully saturated rings. The number of hydrogen-bond acceptors (Lipinski definition) is 1. The van der Waals surface area contributed by atoms with Gasteiger partial charge in [-0.1, -0.05) is 43.3 Å². The van der Waals surface area contributed by atoms with E-state index in [0.29, 0.717) is 0 Å². The molecule has 0 aliphatic rings. The van der Waals surface area contributed by atoms with E-state index in [4.69, 9.17) is 0 Å². The maximum absolute atomic E-state index is 4.19. The molecule has 0 saturated carbocycles. The third-order valence-electron chi connectivity index (χ3n) is 1.63. The van der Waals surface area contributed by atoms with Gasteiger partial charge in [-0.2, -0.15) is 0 Å². The molecule has 0 radical (unpaired) electrons. The quantitative estimate of drug-likeness (QED) is 0.620. The SMILES string of the molecule is CCCN=C/C=C\c1ccccc1. The standard InChI is InChI=1S/C12H15N/c1-2-10-13-11-6-9-12-7-4-3-5-8-12/h3-9,11H,2,10H2,1H3/b9-6-,13-11?. The Morgan fingerprint density at radius 2 is 2.00 bits per heavy atom. The van der Waals surface area contributed by atoms with Crippen LogP contribution in [-0.2, 0) is 0 Å². The number of hydrogen-bond donors (Lipinski definition) is 0. The molecule has 0 aromatic heterocycles. The lowest BCUT2D eigenvalue weighted by Gasteiger charge is -1.88. The predicted molar refractivity (Wildman–Crippen MR) is 59.1 cm³/mol. The summed E-state index contributed by atoms with van der Waals surface area (Å²) < 4.78 is 0. The number of rotatable bonds is 4. The van der Waals surface area contributed by atoms with Crippen LogP contribution in [0.4, 0.5) is 0 Å². The molecule has 0 heterocycles. The van der Waals surface area contributed by atoms with Crippen LogP contribution in [0.3, 0.4) is 0 Å². The van der Waals surface area contributed by atoms with Crippen molar-refractivity contribution in [2.45, 2.75) is 13.3 Å². The number of allylic oxidation sites excluding steroid dienone is 1. The molecule has 1 rings (SSSR count). The monoisotopic (exact) mass is 173 g/mol. The molecule has 0 unspecified atom stereocenters. The van der Waals surface area contributed by atoms with Crippen LogP contribution in [0.2, 0.25) is 0 Å². The van der Waals surface area contributed by atoms with Crippen molar-refractivity contribution < 1.29 is 0 Å². The lowest BCUT2D eigenvalue weighted by molar-refractivity contribution is 0.937. The Labute approximate surface area is 79.8 Å². The smallest absolute Gasteiger partial charge is 0.0386 e. The first-order chi connectivity index (χ1) is 6.43. The molecule has 0 saturated heterocycles. The highest BCUT2D eigenvalue weighted by molar-refractivity contribution is 5.78. The average Bonchev–Trinajstić information content (AvgIpc) is 2.19. The third-order valence-corrected chi connectivity index (χ3v) is 1.63. The van der Waals surface area contributed by atoms with Crippen LogP contribution < -0.4 is 0 Å². The van der Waals surface area contributed by atoms with E-state index in [2.05, 4.69) is 30.1 Å². The van der Waals surface area contributed by atoms with Gasteiger partial charge in [-0.05, 0) is 18.1 Å². The van der Waals surface area contributed by atoms with Crippen molar-refractivity contribution in [1.29, 1.82) is 0 Å². The average molecular weight is 173 g/mol. The van der Waals surface area contributed by atoms with Gasteiger partial charge in [0.25, 0.3) is 0 Å². The summed E-state index contributed by atoms with van der Waals surface area (Å²) >= 11 is 0. The first-order valence-corrected chi connectivity index (χ1v) is 4.65. The van der Waals surface area contributed by atoms with Gasteiger partial charge in [0.2, 0.25) is 0 Å². The minimum absolute atomic E-state index is 0.916. The zero-order chi connectivity index (χ0) is 9.36. The molecule has 0 bridgehead atoms. The van der Waals surface area contributed by atoms with E-state index in [1.54, 1.807) is 0 Å². The molecule has 0 spiro atoms. The molecular weight excluding hydrogens is 158 g/mol. The summed E-state index contributed by atoms with van der Waals surface area (Å²) in [6, 6.07) is 10.2. The first-order valence-electron chi connectivity index (χ1n) is 4.65. The van der Waals surface area contributed by atoms with Crippen LogP contribution in [-0.4, -0.2) is 12.8 Å². The Morgan fingerprint density at radius 1 is 1.23 bits per heavy atom. The molecule has 0 N–H and O–H groups in total. The summed E-state index contributed by atoms with van der Waals surface area (Å²) in [7, 11) is 0. The second-order valence-electron chi connectivity index (χ2n) is 2.83. The normalized spacial score (nSPS) is 11.5. The van der Waals surface area contributed by atoms with Gasteiger partial charge in [0.1, 0.15) is 0 Å². The Morgan fingerprint density at radius 3 is 2.69 bits per heavy atom. The predicted octanol–water partition coefficient (Wildman–Crippen LogP) is 3.18.